The molecule has 3 N–H and O–H groups in total. The summed E-state index contributed by atoms with van der Waals surface area (Å²) in [6.07, 6.45) is 4.55. The van der Waals surface area contributed by atoms with Gasteiger partial charge in [-0.05, 0) is 38.3 Å². The van der Waals surface area contributed by atoms with E-state index < -0.39 is 0 Å². The molecule has 20 heavy (non-hydrogen) atoms. The third-order valence-corrected chi connectivity index (χ3v) is 4.54. The van der Waals surface area contributed by atoms with Crippen molar-refractivity contribution in [2.75, 3.05) is 6.61 Å². The molecule has 0 bridgehead atoms. The molecule has 3 nitrogen and oxygen atoms in total. The van der Waals surface area contributed by atoms with E-state index in [2.05, 4.69) is 5.43 Å². The molecule has 1 aromatic rings. The van der Waals surface area contributed by atoms with E-state index in [1.807, 2.05) is 6.92 Å². The first-order valence-electron chi connectivity index (χ1n) is 7.16. The summed E-state index contributed by atoms with van der Waals surface area (Å²) in [6, 6.07) is 4.60. The van der Waals surface area contributed by atoms with E-state index in [-0.39, 0.29) is 17.5 Å². The first-order valence-corrected chi connectivity index (χ1v) is 7.53. The van der Waals surface area contributed by atoms with Crippen LogP contribution in [0, 0.1) is 5.82 Å². The van der Waals surface area contributed by atoms with Crippen LogP contribution < -0.4 is 11.3 Å². The Balaban J connectivity index is 2.23. The van der Waals surface area contributed by atoms with E-state index in [0.717, 1.165) is 25.7 Å². The fourth-order valence-electron chi connectivity index (χ4n) is 3.18. The molecular formula is C15H22ClFN2O. The van der Waals surface area contributed by atoms with E-state index in [0.29, 0.717) is 23.6 Å². The molecule has 1 fully saturated rings. The van der Waals surface area contributed by atoms with Gasteiger partial charge in [-0.3, -0.25) is 11.3 Å². The minimum Gasteiger partial charge on any atom is -0.374 e. The normalized spacial score (nSPS) is 19.2. The Morgan fingerprint density at radius 2 is 2.15 bits per heavy atom. The maximum absolute atomic E-state index is 14.0. The molecule has 1 saturated carbocycles. The predicted molar refractivity (Wildman–Crippen MR) is 79.1 cm³/mol. The SMILES string of the molecule is CCOC1(C(Cc2c(F)cccc2Cl)NN)CCCC1. The van der Waals surface area contributed by atoms with Gasteiger partial charge in [0.25, 0.3) is 0 Å². The van der Waals surface area contributed by atoms with Gasteiger partial charge in [-0.25, -0.2) is 4.39 Å². The minimum absolute atomic E-state index is 0.139. The van der Waals surface area contributed by atoms with Crippen molar-refractivity contribution in [3.05, 3.63) is 34.6 Å². The standard InChI is InChI=1S/C15H22ClFN2O/c1-2-20-15(8-3-4-9-15)14(19-18)10-11-12(16)6-5-7-13(11)17/h5-7,14,19H,2-4,8-10,18H2,1H3. The van der Waals surface area contributed by atoms with Crippen LogP contribution in [0.25, 0.3) is 0 Å². The van der Waals surface area contributed by atoms with Crippen molar-refractivity contribution in [2.24, 2.45) is 5.84 Å². The molecule has 0 heterocycles. The van der Waals surface area contributed by atoms with Gasteiger partial charge in [-0.1, -0.05) is 30.5 Å². The van der Waals surface area contributed by atoms with E-state index in [9.17, 15) is 4.39 Å². The highest BCUT2D eigenvalue weighted by molar-refractivity contribution is 6.31. The lowest BCUT2D eigenvalue weighted by Crippen LogP contribution is -2.54. The Morgan fingerprint density at radius 1 is 1.45 bits per heavy atom. The van der Waals surface area contributed by atoms with Gasteiger partial charge in [-0.2, -0.15) is 0 Å². The molecule has 0 saturated heterocycles. The topological polar surface area (TPSA) is 47.3 Å². The number of hydrazine groups is 1. The quantitative estimate of drug-likeness (QED) is 0.626. The number of ether oxygens (including phenoxy) is 1. The summed E-state index contributed by atoms with van der Waals surface area (Å²) in [5.41, 5.74) is 3.01. The second-order valence-corrected chi connectivity index (χ2v) is 5.74. The summed E-state index contributed by atoms with van der Waals surface area (Å²) in [7, 11) is 0. The summed E-state index contributed by atoms with van der Waals surface area (Å²) in [4.78, 5) is 0. The van der Waals surface area contributed by atoms with Crippen LogP contribution >= 0.6 is 11.6 Å². The molecule has 0 radical (unpaired) electrons. The van der Waals surface area contributed by atoms with Crippen molar-refractivity contribution in [2.45, 2.75) is 50.7 Å². The second-order valence-electron chi connectivity index (χ2n) is 5.33. The molecule has 0 spiro atoms. The van der Waals surface area contributed by atoms with E-state index in [1.54, 1.807) is 12.1 Å². The number of halogens is 2. The number of hydrogen-bond donors (Lipinski definition) is 2. The number of nitrogens with two attached hydrogens (primary N) is 1. The number of benzene rings is 1. The third kappa shape index (κ3) is 3.14. The zero-order chi connectivity index (χ0) is 14.6. The highest BCUT2D eigenvalue weighted by Gasteiger charge is 2.42. The first kappa shape index (κ1) is 15.7. The van der Waals surface area contributed by atoms with Crippen LogP contribution in [0.1, 0.15) is 38.2 Å². The van der Waals surface area contributed by atoms with Crippen LogP contribution in [0.15, 0.2) is 18.2 Å². The zero-order valence-electron chi connectivity index (χ0n) is 11.8. The van der Waals surface area contributed by atoms with Crippen molar-refractivity contribution in [3.63, 3.8) is 0 Å². The van der Waals surface area contributed by atoms with Gasteiger partial charge < -0.3 is 4.74 Å². The van der Waals surface area contributed by atoms with Crippen LogP contribution in [0.2, 0.25) is 5.02 Å². The maximum atomic E-state index is 14.0. The molecule has 0 aliphatic heterocycles. The van der Waals surface area contributed by atoms with Crippen LogP contribution in [0.4, 0.5) is 4.39 Å². The van der Waals surface area contributed by atoms with Crippen molar-refractivity contribution in [1.29, 1.82) is 0 Å². The minimum atomic E-state index is -0.310. The van der Waals surface area contributed by atoms with Gasteiger partial charge in [0.1, 0.15) is 5.82 Å². The highest BCUT2D eigenvalue weighted by Crippen LogP contribution is 2.38. The van der Waals surface area contributed by atoms with Crippen molar-refractivity contribution in [3.8, 4) is 0 Å². The molecule has 112 valence electrons. The van der Waals surface area contributed by atoms with Crippen LogP contribution in [0.5, 0.6) is 0 Å². The van der Waals surface area contributed by atoms with Gasteiger partial charge >= 0.3 is 0 Å². The fourth-order valence-corrected chi connectivity index (χ4v) is 3.42. The van der Waals surface area contributed by atoms with E-state index in [4.69, 9.17) is 22.2 Å². The first-order chi connectivity index (χ1) is 9.63. The molecular weight excluding hydrogens is 279 g/mol. The largest absolute Gasteiger partial charge is 0.374 e. The molecule has 1 aliphatic carbocycles. The zero-order valence-corrected chi connectivity index (χ0v) is 12.5. The van der Waals surface area contributed by atoms with Gasteiger partial charge in [0.2, 0.25) is 0 Å². The van der Waals surface area contributed by atoms with E-state index in [1.165, 1.54) is 6.07 Å². The lowest BCUT2D eigenvalue weighted by Gasteiger charge is -2.37. The molecule has 1 unspecified atom stereocenters. The van der Waals surface area contributed by atoms with Crippen LogP contribution in [-0.2, 0) is 11.2 Å². The summed E-state index contributed by atoms with van der Waals surface area (Å²) in [6.45, 7) is 2.60. The van der Waals surface area contributed by atoms with Gasteiger partial charge in [-0.15, -0.1) is 0 Å². The summed E-state index contributed by atoms with van der Waals surface area (Å²) in [5.74, 6) is 5.43. The van der Waals surface area contributed by atoms with Crippen LogP contribution in [-0.4, -0.2) is 18.2 Å². The van der Waals surface area contributed by atoms with Crippen LogP contribution in [0.3, 0.4) is 0 Å². The van der Waals surface area contributed by atoms with Crippen molar-refractivity contribution in [1.82, 2.24) is 5.43 Å². The summed E-state index contributed by atoms with van der Waals surface area (Å²) in [5, 5.41) is 0.440. The third-order valence-electron chi connectivity index (χ3n) is 4.19. The summed E-state index contributed by atoms with van der Waals surface area (Å²) >= 11 is 6.11. The van der Waals surface area contributed by atoms with Gasteiger partial charge in [0.05, 0.1) is 11.6 Å². The molecule has 1 aliphatic rings. The van der Waals surface area contributed by atoms with Gasteiger partial charge in [0.15, 0.2) is 0 Å². The Bertz CT molecular complexity index is 429. The van der Waals surface area contributed by atoms with E-state index >= 15 is 0 Å². The number of rotatable bonds is 6. The second kappa shape index (κ2) is 6.85. The molecule has 0 amide bonds. The molecule has 0 aromatic heterocycles. The molecule has 1 aromatic carbocycles. The average molecular weight is 301 g/mol. The Kier molecular flexibility index (Phi) is 5.38. The predicted octanol–water partition coefficient (Wildman–Crippen LogP) is 3.20. The smallest absolute Gasteiger partial charge is 0.127 e. The summed E-state index contributed by atoms with van der Waals surface area (Å²) < 4.78 is 19.9. The number of nitrogens with one attached hydrogen (secondary N) is 1. The maximum Gasteiger partial charge on any atom is 0.127 e. The molecule has 2 rings (SSSR count). The highest BCUT2D eigenvalue weighted by atomic mass is 35.5. The van der Waals surface area contributed by atoms with Crippen molar-refractivity contribution >= 4 is 11.6 Å². The Labute approximate surface area is 124 Å². The Hall–Kier alpha value is -0.680. The molecule has 1 atom stereocenters. The lowest BCUT2D eigenvalue weighted by atomic mass is 9.87. The molecule has 5 heteroatoms. The monoisotopic (exact) mass is 300 g/mol. The number of hydrogen-bond acceptors (Lipinski definition) is 3. The average Bonchev–Trinajstić information content (AvgIpc) is 2.88. The Morgan fingerprint density at radius 3 is 2.70 bits per heavy atom. The fraction of sp³-hybridized carbons (Fsp3) is 0.600. The lowest BCUT2D eigenvalue weighted by molar-refractivity contribution is -0.0614. The van der Waals surface area contributed by atoms with Crippen molar-refractivity contribution < 1.29 is 9.13 Å². The van der Waals surface area contributed by atoms with Gasteiger partial charge in [0, 0.05) is 17.2 Å².